The fourth-order valence-electron chi connectivity index (χ4n) is 1.94. The van der Waals surface area contributed by atoms with Gasteiger partial charge in [0.05, 0.1) is 0 Å². The summed E-state index contributed by atoms with van der Waals surface area (Å²) in [4.78, 5) is 0.815. The number of hydrogen-bond acceptors (Lipinski definition) is 0. The highest BCUT2D eigenvalue weighted by Gasteiger charge is 2.04. The molecule has 1 heteroatoms. The van der Waals surface area contributed by atoms with Crippen LogP contribution >= 0.6 is 15.9 Å². The molecule has 0 amide bonds. The van der Waals surface area contributed by atoms with Gasteiger partial charge in [0.15, 0.2) is 0 Å². The van der Waals surface area contributed by atoms with E-state index in [9.17, 15) is 0 Å². The maximum absolute atomic E-state index is 3.76. The fourth-order valence-corrected chi connectivity index (χ4v) is 2.58. The molecule has 0 spiro atoms. The van der Waals surface area contributed by atoms with Gasteiger partial charge in [-0.15, -0.1) is 0 Å². The van der Waals surface area contributed by atoms with Crippen LogP contribution in [0, 0.1) is 0 Å². The van der Waals surface area contributed by atoms with Gasteiger partial charge >= 0.3 is 0 Å². The van der Waals surface area contributed by atoms with E-state index in [-0.39, 0.29) is 0 Å². The largest absolute Gasteiger partial charge is 0.0891 e. The minimum absolute atomic E-state index is 0.815. The van der Waals surface area contributed by atoms with Gasteiger partial charge in [-0.25, -0.2) is 0 Å². The van der Waals surface area contributed by atoms with Crippen molar-refractivity contribution in [1.82, 2.24) is 0 Å². The molecule has 0 heterocycles. The zero-order valence-electron chi connectivity index (χ0n) is 8.03. The Kier molecular flexibility index (Phi) is 6.11. The third-order valence-corrected chi connectivity index (χ3v) is 3.70. The second-order valence-corrected chi connectivity index (χ2v) is 5.30. The third-order valence-electron chi connectivity index (χ3n) is 2.78. The number of hydrogen-bond donors (Lipinski definition) is 0. The molecule has 0 unspecified atom stereocenters. The Morgan fingerprint density at radius 1 is 0.583 bits per heavy atom. The lowest BCUT2D eigenvalue weighted by atomic mass is 10.1. The van der Waals surface area contributed by atoms with Crippen molar-refractivity contribution < 1.29 is 0 Å². The summed E-state index contributed by atoms with van der Waals surface area (Å²) < 4.78 is 0. The smallest absolute Gasteiger partial charge is 0.0145 e. The first kappa shape index (κ1) is 10.6. The number of rotatable bonds is 0. The van der Waals surface area contributed by atoms with Gasteiger partial charge in [-0.05, 0) is 12.8 Å². The summed E-state index contributed by atoms with van der Waals surface area (Å²) in [6.45, 7) is 0. The van der Waals surface area contributed by atoms with Gasteiger partial charge in [-0.2, -0.15) is 0 Å². The molecule has 0 saturated heterocycles. The van der Waals surface area contributed by atoms with Crippen LogP contribution in [-0.2, 0) is 0 Å². The first-order valence-corrected chi connectivity index (χ1v) is 6.45. The summed E-state index contributed by atoms with van der Waals surface area (Å²) in [5.41, 5.74) is 0. The zero-order valence-corrected chi connectivity index (χ0v) is 9.61. The summed E-state index contributed by atoms with van der Waals surface area (Å²) in [7, 11) is 0. The molecular weight excluding hydrogens is 212 g/mol. The molecule has 0 radical (unpaired) electrons. The van der Waals surface area contributed by atoms with Gasteiger partial charge in [0.25, 0.3) is 0 Å². The van der Waals surface area contributed by atoms with Crippen molar-refractivity contribution in [2.75, 3.05) is 0 Å². The van der Waals surface area contributed by atoms with Crippen LogP contribution in [0.1, 0.15) is 64.2 Å². The lowest BCUT2D eigenvalue weighted by Crippen LogP contribution is -1.96. The van der Waals surface area contributed by atoms with Gasteiger partial charge < -0.3 is 0 Å². The molecule has 1 aliphatic carbocycles. The summed E-state index contributed by atoms with van der Waals surface area (Å²) >= 11 is 3.76. The highest BCUT2D eigenvalue weighted by Crippen LogP contribution is 2.20. The SMILES string of the molecule is BrC1CCCCCCCCCC1. The molecule has 0 aromatic rings. The molecule has 1 saturated carbocycles. The average Bonchev–Trinajstić information content (AvgIpc) is 2.11. The van der Waals surface area contributed by atoms with E-state index in [1.807, 2.05) is 0 Å². The van der Waals surface area contributed by atoms with Gasteiger partial charge in [-0.1, -0.05) is 67.3 Å². The maximum atomic E-state index is 3.76. The Morgan fingerprint density at radius 3 is 1.33 bits per heavy atom. The van der Waals surface area contributed by atoms with E-state index >= 15 is 0 Å². The Labute approximate surface area is 85.3 Å². The topological polar surface area (TPSA) is 0 Å². The molecular formula is C11H21Br. The molecule has 1 aliphatic rings. The Morgan fingerprint density at radius 2 is 0.917 bits per heavy atom. The van der Waals surface area contributed by atoms with Crippen molar-refractivity contribution in [3.8, 4) is 0 Å². The molecule has 72 valence electrons. The second kappa shape index (κ2) is 6.94. The molecule has 12 heavy (non-hydrogen) atoms. The van der Waals surface area contributed by atoms with Crippen LogP contribution in [0.5, 0.6) is 0 Å². The van der Waals surface area contributed by atoms with Gasteiger partial charge in [0, 0.05) is 4.83 Å². The second-order valence-electron chi connectivity index (χ2n) is 4.00. The van der Waals surface area contributed by atoms with Crippen LogP contribution in [0.15, 0.2) is 0 Å². The summed E-state index contributed by atoms with van der Waals surface area (Å²) in [6.07, 6.45) is 14.5. The van der Waals surface area contributed by atoms with Crippen molar-refractivity contribution in [3.05, 3.63) is 0 Å². The monoisotopic (exact) mass is 232 g/mol. The van der Waals surface area contributed by atoms with E-state index in [1.165, 1.54) is 64.2 Å². The zero-order chi connectivity index (χ0) is 8.65. The van der Waals surface area contributed by atoms with Crippen LogP contribution in [0.2, 0.25) is 0 Å². The number of halogens is 1. The molecule has 0 aromatic heterocycles. The van der Waals surface area contributed by atoms with E-state index in [4.69, 9.17) is 0 Å². The van der Waals surface area contributed by atoms with Crippen molar-refractivity contribution in [3.63, 3.8) is 0 Å². The maximum Gasteiger partial charge on any atom is 0.0145 e. The van der Waals surface area contributed by atoms with Crippen molar-refractivity contribution in [1.29, 1.82) is 0 Å². The standard InChI is InChI=1S/C11H21Br/c12-11-9-7-5-3-1-2-4-6-8-10-11/h11H,1-10H2. The van der Waals surface area contributed by atoms with Crippen molar-refractivity contribution in [2.45, 2.75) is 69.0 Å². The minimum Gasteiger partial charge on any atom is -0.0891 e. The van der Waals surface area contributed by atoms with E-state index in [2.05, 4.69) is 15.9 Å². The lowest BCUT2D eigenvalue weighted by molar-refractivity contribution is 0.585. The van der Waals surface area contributed by atoms with Crippen LogP contribution in [0.25, 0.3) is 0 Å². The van der Waals surface area contributed by atoms with Crippen LogP contribution < -0.4 is 0 Å². The molecule has 1 rings (SSSR count). The van der Waals surface area contributed by atoms with Crippen molar-refractivity contribution >= 4 is 15.9 Å². The summed E-state index contributed by atoms with van der Waals surface area (Å²) in [5.74, 6) is 0. The van der Waals surface area contributed by atoms with Gasteiger partial charge in [0.1, 0.15) is 0 Å². The first-order valence-electron chi connectivity index (χ1n) is 5.53. The van der Waals surface area contributed by atoms with Crippen LogP contribution in [-0.4, -0.2) is 4.83 Å². The molecule has 0 atom stereocenters. The molecule has 0 N–H and O–H groups in total. The molecule has 0 aromatic carbocycles. The van der Waals surface area contributed by atoms with E-state index in [1.54, 1.807) is 0 Å². The lowest BCUT2D eigenvalue weighted by Gasteiger charge is -2.07. The Balaban J connectivity index is 2.13. The van der Waals surface area contributed by atoms with E-state index in [0.717, 1.165) is 4.83 Å². The molecule has 0 nitrogen and oxygen atoms in total. The quantitative estimate of drug-likeness (QED) is 0.533. The summed E-state index contributed by atoms with van der Waals surface area (Å²) in [6, 6.07) is 0. The molecule has 1 fully saturated rings. The predicted octanol–water partition coefficient (Wildman–Crippen LogP) is 4.66. The van der Waals surface area contributed by atoms with Gasteiger partial charge in [-0.3, -0.25) is 0 Å². The third kappa shape index (κ3) is 5.18. The Bertz CT molecular complexity index is 89.2. The first-order chi connectivity index (χ1) is 5.89. The normalized spacial score (nSPS) is 24.8. The predicted molar refractivity (Wildman–Crippen MR) is 58.9 cm³/mol. The molecule has 0 aliphatic heterocycles. The summed E-state index contributed by atoms with van der Waals surface area (Å²) in [5, 5.41) is 0. The van der Waals surface area contributed by atoms with E-state index < -0.39 is 0 Å². The average molecular weight is 233 g/mol. The molecule has 0 bridgehead atoms. The Hall–Kier alpha value is 0.480. The highest BCUT2D eigenvalue weighted by molar-refractivity contribution is 9.09. The number of alkyl halides is 1. The van der Waals surface area contributed by atoms with Crippen molar-refractivity contribution in [2.24, 2.45) is 0 Å². The van der Waals surface area contributed by atoms with E-state index in [0.29, 0.717) is 0 Å². The fraction of sp³-hybridized carbons (Fsp3) is 1.00. The van der Waals surface area contributed by atoms with Crippen LogP contribution in [0.3, 0.4) is 0 Å². The minimum atomic E-state index is 0.815. The van der Waals surface area contributed by atoms with Crippen LogP contribution in [0.4, 0.5) is 0 Å². The van der Waals surface area contributed by atoms with Gasteiger partial charge in [0.2, 0.25) is 0 Å². The highest BCUT2D eigenvalue weighted by atomic mass is 79.9.